The largest absolute Gasteiger partial charge is 0.495 e. The summed E-state index contributed by atoms with van der Waals surface area (Å²) in [5.74, 6) is 0.972. The molecule has 1 aliphatic carbocycles. The van der Waals surface area contributed by atoms with E-state index in [-0.39, 0.29) is 0 Å². The van der Waals surface area contributed by atoms with E-state index in [0.29, 0.717) is 5.25 Å². The van der Waals surface area contributed by atoms with E-state index in [1.165, 1.54) is 43.5 Å². The summed E-state index contributed by atoms with van der Waals surface area (Å²) in [7, 11) is 1.76. The Labute approximate surface area is 179 Å². The van der Waals surface area contributed by atoms with E-state index >= 15 is 0 Å². The van der Waals surface area contributed by atoms with E-state index in [0.717, 1.165) is 43.7 Å². The van der Waals surface area contributed by atoms with Gasteiger partial charge in [0.2, 0.25) is 0 Å². The Morgan fingerprint density at radius 2 is 1.76 bits per heavy atom. The number of pyridine rings is 1. The molecule has 2 fully saturated rings. The van der Waals surface area contributed by atoms with Crippen molar-refractivity contribution in [3.63, 3.8) is 0 Å². The molecule has 1 aliphatic heterocycles. The highest BCUT2D eigenvalue weighted by Crippen LogP contribution is 2.39. The average Bonchev–Trinajstić information content (AvgIpc) is 2.80. The summed E-state index contributed by atoms with van der Waals surface area (Å²) >= 11 is 2.18. The molecule has 0 bridgehead atoms. The molecule has 0 N–H and O–H groups in total. The highest BCUT2D eigenvalue weighted by Gasteiger charge is 2.26. The quantitative estimate of drug-likeness (QED) is 0.638. The van der Waals surface area contributed by atoms with Gasteiger partial charge < -0.3 is 9.64 Å². The molecule has 0 spiro atoms. The van der Waals surface area contributed by atoms with E-state index in [2.05, 4.69) is 51.9 Å². The molecule has 2 aromatic rings. The molecule has 0 amide bonds. The molecule has 4 rings (SSSR count). The van der Waals surface area contributed by atoms with Crippen LogP contribution in [0.5, 0.6) is 5.75 Å². The summed E-state index contributed by atoms with van der Waals surface area (Å²) in [5, 5.41) is 1.27. The maximum absolute atomic E-state index is 5.57. The van der Waals surface area contributed by atoms with E-state index < -0.39 is 0 Å². The summed E-state index contributed by atoms with van der Waals surface area (Å²) < 4.78 is 5.57. The summed E-state index contributed by atoms with van der Waals surface area (Å²) in [6, 6.07) is 14.7. The molecule has 2 heterocycles. The van der Waals surface area contributed by atoms with Gasteiger partial charge in [0.15, 0.2) is 0 Å². The van der Waals surface area contributed by atoms with Gasteiger partial charge in [0, 0.05) is 44.2 Å². The van der Waals surface area contributed by atoms with Crippen LogP contribution in [0, 0.1) is 0 Å². The van der Waals surface area contributed by atoms with Crippen molar-refractivity contribution in [2.45, 2.75) is 42.6 Å². The van der Waals surface area contributed by atoms with Gasteiger partial charge >= 0.3 is 0 Å². The summed E-state index contributed by atoms with van der Waals surface area (Å²) in [6.07, 6.45) is 8.89. The molecule has 4 nitrogen and oxygen atoms in total. The lowest BCUT2D eigenvalue weighted by atomic mass is 10.0. The Bertz CT molecular complexity index is 743. The van der Waals surface area contributed by atoms with Crippen LogP contribution in [-0.2, 0) is 0 Å². The van der Waals surface area contributed by atoms with Crippen molar-refractivity contribution in [2.75, 3.05) is 44.7 Å². The van der Waals surface area contributed by atoms with Crippen molar-refractivity contribution in [2.24, 2.45) is 0 Å². The third kappa shape index (κ3) is 5.46. The molecule has 1 atom stereocenters. The van der Waals surface area contributed by atoms with Crippen molar-refractivity contribution < 1.29 is 4.74 Å². The minimum absolute atomic E-state index is 0.470. The van der Waals surface area contributed by atoms with Crippen LogP contribution in [0.2, 0.25) is 0 Å². The molecule has 5 heteroatoms. The number of thioether (sulfide) groups is 1. The zero-order valence-corrected chi connectivity index (χ0v) is 18.3. The van der Waals surface area contributed by atoms with Crippen molar-refractivity contribution >= 4 is 17.4 Å². The van der Waals surface area contributed by atoms with E-state index in [1.54, 1.807) is 7.11 Å². The first-order valence-corrected chi connectivity index (χ1v) is 11.9. The average molecular weight is 412 g/mol. The highest BCUT2D eigenvalue weighted by atomic mass is 32.2. The third-order valence-electron chi connectivity index (χ3n) is 6.15. The van der Waals surface area contributed by atoms with Gasteiger partial charge in [0.05, 0.1) is 23.7 Å². The predicted molar refractivity (Wildman–Crippen MR) is 123 cm³/mol. The number of piperazine rings is 1. The Hall–Kier alpha value is -1.72. The molecular formula is C24H33N3OS. The Morgan fingerprint density at radius 1 is 1.00 bits per heavy atom. The number of benzene rings is 1. The van der Waals surface area contributed by atoms with Crippen molar-refractivity contribution in [1.82, 2.24) is 9.88 Å². The third-order valence-corrected chi connectivity index (χ3v) is 7.72. The van der Waals surface area contributed by atoms with Crippen molar-refractivity contribution in [3.05, 3.63) is 54.4 Å². The van der Waals surface area contributed by atoms with Crippen LogP contribution in [-0.4, -0.2) is 55.0 Å². The highest BCUT2D eigenvalue weighted by molar-refractivity contribution is 8.00. The van der Waals surface area contributed by atoms with E-state index in [4.69, 9.17) is 9.72 Å². The number of para-hydroxylation sites is 2. The monoisotopic (exact) mass is 411 g/mol. The van der Waals surface area contributed by atoms with Gasteiger partial charge in [-0.2, -0.15) is 0 Å². The Balaban J connectivity index is 1.38. The van der Waals surface area contributed by atoms with Gasteiger partial charge in [-0.25, -0.2) is 0 Å². The fraction of sp³-hybridized carbons (Fsp3) is 0.542. The number of ether oxygens (including phenoxy) is 1. The maximum Gasteiger partial charge on any atom is 0.142 e. The fourth-order valence-corrected chi connectivity index (χ4v) is 6.15. The van der Waals surface area contributed by atoms with E-state index in [1.807, 2.05) is 18.3 Å². The lowest BCUT2D eigenvalue weighted by molar-refractivity contribution is 0.257. The normalized spacial score (nSPS) is 19.8. The second-order valence-electron chi connectivity index (χ2n) is 8.10. The molecule has 156 valence electrons. The second-order valence-corrected chi connectivity index (χ2v) is 9.61. The van der Waals surface area contributed by atoms with Gasteiger partial charge in [-0.3, -0.25) is 9.88 Å². The first-order chi connectivity index (χ1) is 14.3. The SMILES string of the molecule is COc1ccccc1N1CCN(CC(SC2CCCCC2)c2ccccn2)CC1. The van der Waals surface area contributed by atoms with Gasteiger partial charge in [0.25, 0.3) is 0 Å². The minimum atomic E-state index is 0.470. The molecule has 2 aliphatic rings. The zero-order chi connectivity index (χ0) is 19.9. The molecule has 1 aromatic carbocycles. The van der Waals surface area contributed by atoms with Gasteiger partial charge in [-0.1, -0.05) is 37.5 Å². The minimum Gasteiger partial charge on any atom is -0.495 e. The van der Waals surface area contributed by atoms with Gasteiger partial charge in [0.1, 0.15) is 5.75 Å². The Morgan fingerprint density at radius 3 is 2.48 bits per heavy atom. The zero-order valence-electron chi connectivity index (χ0n) is 17.5. The maximum atomic E-state index is 5.57. The molecular weight excluding hydrogens is 378 g/mol. The lowest BCUT2D eigenvalue weighted by Gasteiger charge is -2.38. The van der Waals surface area contributed by atoms with Crippen LogP contribution in [0.3, 0.4) is 0 Å². The van der Waals surface area contributed by atoms with Crippen LogP contribution < -0.4 is 9.64 Å². The van der Waals surface area contributed by atoms with Crippen LogP contribution in [0.1, 0.15) is 43.0 Å². The molecule has 0 radical (unpaired) electrons. The number of rotatable bonds is 7. The Kier molecular flexibility index (Phi) is 7.33. The predicted octanol–water partition coefficient (Wildman–Crippen LogP) is 5.02. The van der Waals surface area contributed by atoms with Gasteiger partial charge in [-0.05, 0) is 37.1 Å². The molecule has 1 unspecified atom stereocenters. The number of anilines is 1. The molecule has 1 aromatic heterocycles. The first-order valence-electron chi connectivity index (χ1n) is 11.0. The van der Waals surface area contributed by atoms with Crippen LogP contribution in [0.25, 0.3) is 0 Å². The lowest BCUT2D eigenvalue weighted by Crippen LogP contribution is -2.47. The number of methoxy groups -OCH3 is 1. The number of hydrogen-bond acceptors (Lipinski definition) is 5. The molecule has 29 heavy (non-hydrogen) atoms. The summed E-state index contributed by atoms with van der Waals surface area (Å²) in [6.45, 7) is 5.37. The molecule has 1 saturated heterocycles. The second kappa shape index (κ2) is 10.4. The van der Waals surface area contributed by atoms with Crippen molar-refractivity contribution in [1.29, 1.82) is 0 Å². The van der Waals surface area contributed by atoms with Gasteiger partial charge in [-0.15, -0.1) is 11.8 Å². The smallest absolute Gasteiger partial charge is 0.142 e. The van der Waals surface area contributed by atoms with Crippen LogP contribution in [0.4, 0.5) is 5.69 Å². The van der Waals surface area contributed by atoms with Crippen LogP contribution >= 0.6 is 11.8 Å². The topological polar surface area (TPSA) is 28.6 Å². The molecule has 1 saturated carbocycles. The fourth-order valence-electron chi connectivity index (χ4n) is 4.50. The van der Waals surface area contributed by atoms with E-state index in [9.17, 15) is 0 Å². The number of nitrogens with zero attached hydrogens (tertiary/aromatic N) is 3. The summed E-state index contributed by atoms with van der Waals surface area (Å²) in [4.78, 5) is 9.80. The van der Waals surface area contributed by atoms with Crippen molar-refractivity contribution in [3.8, 4) is 5.75 Å². The van der Waals surface area contributed by atoms with Crippen LogP contribution in [0.15, 0.2) is 48.7 Å². The summed E-state index contributed by atoms with van der Waals surface area (Å²) in [5.41, 5.74) is 2.46. The number of aromatic nitrogens is 1. The standard InChI is InChI=1S/C24H33N3OS/c1-28-23-13-6-5-12-22(23)27-17-15-26(16-18-27)19-24(21-11-7-8-14-25-21)29-20-9-3-2-4-10-20/h5-8,11-14,20,24H,2-4,9-10,15-19H2,1H3. The number of hydrogen-bond donors (Lipinski definition) is 0. The first kappa shape index (κ1) is 20.5.